The molecule has 4 nitrogen and oxygen atoms in total. The zero-order chi connectivity index (χ0) is 8.97. The third-order valence-corrected chi connectivity index (χ3v) is 2.77. The van der Waals surface area contributed by atoms with Gasteiger partial charge in [0.1, 0.15) is 5.01 Å². The highest BCUT2D eigenvalue weighted by Gasteiger charge is 1.98. The molecule has 1 atom stereocenters. The topological polar surface area (TPSA) is 54.9 Å². The van der Waals surface area contributed by atoms with Gasteiger partial charge in [0.05, 0.1) is 0 Å². The van der Waals surface area contributed by atoms with Gasteiger partial charge in [-0.3, -0.25) is 4.21 Å². The number of aryl methyl sites for hydroxylation is 1. The summed E-state index contributed by atoms with van der Waals surface area (Å²) in [6.07, 6.45) is 1.69. The molecule has 12 heavy (non-hydrogen) atoms. The van der Waals surface area contributed by atoms with Gasteiger partial charge in [0.2, 0.25) is 5.13 Å². The third kappa shape index (κ3) is 3.27. The van der Waals surface area contributed by atoms with Crippen molar-refractivity contribution in [3.63, 3.8) is 0 Å². The van der Waals surface area contributed by atoms with Crippen LogP contribution in [0.2, 0.25) is 0 Å². The molecule has 68 valence electrons. The van der Waals surface area contributed by atoms with Crippen LogP contribution in [0, 0.1) is 6.92 Å². The van der Waals surface area contributed by atoms with Gasteiger partial charge in [0, 0.05) is 29.4 Å². The van der Waals surface area contributed by atoms with Crippen molar-refractivity contribution in [2.75, 3.05) is 23.9 Å². The normalized spacial score (nSPS) is 12.8. The average Bonchev–Trinajstić information content (AvgIpc) is 2.35. The Bertz CT molecular complexity index is 274. The van der Waals surface area contributed by atoms with E-state index in [9.17, 15) is 4.21 Å². The van der Waals surface area contributed by atoms with E-state index in [1.165, 1.54) is 11.3 Å². The van der Waals surface area contributed by atoms with Crippen molar-refractivity contribution in [1.82, 2.24) is 10.2 Å². The Morgan fingerprint density at radius 2 is 2.33 bits per heavy atom. The van der Waals surface area contributed by atoms with Crippen LogP contribution in [-0.4, -0.2) is 33.0 Å². The third-order valence-electron chi connectivity index (χ3n) is 1.19. The van der Waals surface area contributed by atoms with Crippen LogP contribution in [0.3, 0.4) is 0 Å². The first-order valence-corrected chi connectivity index (χ1v) is 6.07. The Balaban J connectivity index is 2.29. The number of nitrogens with one attached hydrogen (secondary N) is 1. The van der Waals surface area contributed by atoms with E-state index in [1.807, 2.05) is 6.92 Å². The van der Waals surface area contributed by atoms with Gasteiger partial charge in [-0.1, -0.05) is 11.3 Å². The van der Waals surface area contributed by atoms with Crippen LogP contribution in [0.4, 0.5) is 5.13 Å². The predicted molar refractivity (Wildman–Crippen MR) is 52.1 cm³/mol. The molecule has 1 heterocycles. The molecule has 0 amide bonds. The first-order chi connectivity index (χ1) is 5.68. The summed E-state index contributed by atoms with van der Waals surface area (Å²) in [5.41, 5.74) is 0. The maximum atomic E-state index is 10.7. The number of rotatable bonds is 4. The summed E-state index contributed by atoms with van der Waals surface area (Å²) < 4.78 is 10.7. The summed E-state index contributed by atoms with van der Waals surface area (Å²) >= 11 is 1.51. The van der Waals surface area contributed by atoms with Gasteiger partial charge in [-0.05, 0) is 6.92 Å². The molecule has 0 saturated carbocycles. The lowest BCUT2D eigenvalue weighted by Crippen LogP contribution is -2.09. The fraction of sp³-hybridized carbons (Fsp3) is 0.667. The monoisotopic (exact) mass is 205 g/mol. The summed E-state index contributed by atoms with van der Waals surface area (Å²) in [5.74, 6) is 0.651. The van der Waals surface area contributed by atoms with E-state index in [-0.39, 0.29) is 0 Å². The molecular weight excluding hydrogens is 194 g/mol. The largest absolute Gasteiger partial charge is 0.359 e. The number of hydrogen-bond acceptors (Lipinski definition) is 5. The van der Waals surface area contributed by atoms with Crippen molar-refractivity contribution in [2.45, 2.75) is 6.92 Å². The Morgan fingerprint density at radius 3 is 2.83 bits per heavy atom. The van der Waals surface area contributed by atoms with Crippen LogP contribution < -0.4 is 5.32 Å². The SMILES string of the molecule is Cc1nnc(NCCS(C)=O)s1. The van der Waals surface area contributed by atoms with Gasteiger partial charge < -0.3 is 5.32 Å². The fourth-order valence-corrected chi connectivity index (χ4v) is 1.68. The zero-order valence-electron chi connectivity index (χ0n) is 7.03. The molecule has 1 rings (SSSR count). The van der Waals surface area contributed by atoms with Crippen molar-refractivity contribution in [1.29, 1.82) is 0 Å². The second-order valence-electron chi connectivity index (χ2n) is 2.33. The highest BCUT2D eigenvalue weighted by molar-refractivity contribution is 7.84. The fourth-order valence-electron chi connectivity index (χ4n) is 0.670. The molecule has 0 aliphatic carbocycles. The minimum Gasteiger partial charge on any atom is -0.359 e. The van der Waals surface area contributed by atoms with Gasteiger partial charge >= 0.3 is 0 Å². The maximum absolute atomic E-state index is 10.7. The smallest absolute Gasteiger partial charge is 0.205 e. The molecular formula is C6H11N3OS2. The van der Waals surface area contributed by atoms with E-state index in [0.29, 0.717) is 12.3 Å². The lowest BCUT2D eigenvalue weighted by atomic mass is 10.7. The van der Waals surface area contributed by atoms with Gasteiger partial charge in [-0.25, -0.2) is 0 Å². The molecule has 6 heteroatoms. The van der Waals surface area contributed by atoms with E-state index >= 15 is 0 Å². The van der Waals surface area contributed by atoms with E-state index in [1.54, 1.807) is 6.26 Å². The molecule has 0 aromatic carbocycles. The molecule has 1 aromatic rings. The highest BCUT2D eigenvalue weighted by atomic mass is 32.2. The van der Waals surface area contributed by atoms with E-state index < -0.39 is 10.8 Å². The maximum Gasteiger partial charge on any atom is 0.205 e. The first-order valence-electron chi connectivity index (χ1n) is 3.52. The lowest BCUT2D eigenvalue weighted by Gasteiger charge is -1.97. The van der Waals surface area contributed by atoms with Gasteiger partial charge in [-0.15, -0.1) is 10.2 Å². The lowest BCUT2D eigenvalue weighted by molar-refractivity contribution is 0.687. The van der Waals surface area contributed by atoms with Gasteiger partial charge in [-0.2, -0.15) is 0 Å². The highest BCUT2D eigenvalue weighted by Crippen LogP contribution is 2.12. The van der Waals surface area contributed by atoms with Crippen molar-refractivity contribution in [3.8, 4) is 0 Å². The molecule has 0 fully saturated rings. The summed E-state index contributed by atoms with van der Waals surface area (Å²) in [6.45, 7) is 2.60. The Morgan fingerprint density at radius 1 is 1.58 bits per heavy atom. The summed E-state index contributed by atoms with van der Waals surface area (Å²) in [7, 11) is -0.738. The molecule has 0 aliphatic rings. The zero-order valence-corrected chi connectivity index (χ0v) is 8.67. The van der Waals surface area contributed by atoms with Crippen molar-refractivity contribution < 1.29 is 4.21 Å². The van der Waals surface area contributed by atoms with Crippen molar-refractivity contribution >= 4 is 27.3 Å². The number of hydrogen-bond donors (Lipinski definition) is 1. The molecule has 0 aliphatic heterocycles. The second kappa shape index (κ2) is 4.51. The molecule has 0 saturated heterocycles. The summed E-state index contributed by atoms with van der Waals surface area (Å²) in [4.78, 5) is 0. The summed E-state index contributed by atoms with van der Waals surface area (Å²) in [6, 6.07) is 0. The van der Waals surface area contributed by atoms with E-state index in [2.05, 4.69) is 15.5 Å². The molecule has 1 aromatic heterocycles. The Kier molecular flexibility index (Phi) is 3.61. The van der Waals surface area contributed by atoms with Crippen LogP contribution in [0.5, 0.6) is 0 Å². The average molecular weight is 205 g/mol. The number of nitrogens with zero attached hydrogens (tertiary/aromatic N) is 2. The van der Waals surface area contributed by atoms with Crippen molar-refractivity contribution in [3.05, 3.63) is 5.01 Å². The number of anilines is 1. The summed E-state index contributed by atoms with van der Waals surface area (Å²) in [5, 5.41) is 12.5. The number of aromatic nitrogens is 2. The van der Waals surface area contributed by atoms with Crippen LogP contribution in [0.1, 0.15) is 5.01 Å². The standard InChI is InChI=1S/C6H11N3OS2/c1-5-8-9-6(11-5)7-3-4-12(2)10/h3-4H2,1-2H3,(H,7,9). The minimum atomic E-state index is -0.738. The molecule has 0 bridgehead atoms. The van der Waals surface area contributed by atoms with Gasteiger partial charge in [0.25, 0.3) is 0 Å². The Labute approximate surface area is 77.9 Å². The quantitative estimate of drug-likeness (QED) is 0.783. The minimum absolute atomic E-state index is 0.651. The van der Waals surface area contributed by atoms with Gasteiger partial charge in [0.15, 0.2) is 0 Å². The molecule has 1 N–H and O–H groups in total. The van der Waals surface area contributed by atoms with Crippen LogP contribution >= 0.6 is 11.3 Å². The molecule has 1 unspecified atom stereocenters. The van der Waals surface area contributed by atoms with Crippen molar-refractivity contribution in [2.24, 2.45) is 0 Å². The van der Waals surface area contributed by atoms with E-state index in [0.717, 1.165) is 10.1 Å². The second-order valence-corrected chi connectivity index (χ2v) is 5.07. The predicted octanol–water partition coefficient (Wildman–Crippen LogP) is 0.637. The van der Waals surface area contributed by atoms with Crippen LogP contribution in [0.25, 0.3) is 0 Å². The first kappa shape index (κ1) is 9.60. The van der Waals surface area contributed by atoms with Crippen LogP contribution in [0.15, 0.2) is 0 Å². The molecule has 0 radical (unpaired) electrons. The Hall–Kier alpha value is -0.490. The van der Waals surface area contributed by atoms with Crippen LogP contribution in [-0.2, 0) is 10.8 Å². The van der Waals surface area contributed by atoms with E-state index in [4.69, 9.17) is 0 Å². The molecule has 0 spiro atoms.